The van der Waals surface area contributed by atoms with E-state index in [9.17, 15) is 0 Å². The van der Waals surface area contributed by atoms with E-state index in [0.29, 0.717) is 0 Å². The van der Waals surface area contributed by atoms with Crippen LogP contribution in [-0.4, -0.2) is 22.1 Å². The van der Waals surface area contributed by atoms with E-state index in [1.54, 1.807) is 11.9 Å². The molecule has 0 saturated heterocycles. The van der Waals surface area contributed by atoms with Gasteiger partial charge in [-0.25, -0.2) is 0 Å². The van der Waals surface area contributed by atoms with E-state index in [-0.39, 0.29) is 0 Å². The molecule has 26 heavy (non-hydrogen) atoms. The summed E-state index contributed by atoms with van der Waals surface area (Å²) in [7, 11) is 1.65. The third kappa shape index (κ3) is 3.24. The van der Waals surface area contributed by atoms with Gasteiger partial charge in [-0.05, 0) is 60.5 Å². The van der Waals surface area contributed by atoms with Gasteiger partial charge in [-0.2, -0.15) is 4.80 Å². The highest BCUT2D eigenvalue weighted by Gasteiger charge is 2.06. The number of aryl methyl sites for hydroxylation is 1. The summed E-state index contributed by atoms with van der Waals surface area (Å²) in [5, 5.41) is 12.5. The van der Waals surface area contributed by atoms with E-state index in [0.717, 1.165) is 40.3 Å². The Morgan fingerprint density at radius 3 is 2.15 bits per heavy atom. The van der Waals surface area contributed by atoms with Gasteiger partial charge in [-0.3, -0.25) is 0 Å². The average molecular weight is 344 g/mol. The van der Waals surface area contributed by atoms with Gasteiger partial charge in [-0.15, -0.1) is 10.2 Å². The van der Waals surface area contributed by atoms with Crippen molar-refractivity contribution < 1.29 is 4.74 Å². The number of rotatable bonds is 5. The first kappa shape index (κ1) is 16.1. The third-order valence-corrected chi connectivity index (χ3v) is 4.34. The second-order valence-corrected chi connectivity index (χ2v) is 6.07. The van der Waals surface area contributed by atoms with E-state index in [2.05, 4.69) is 46.7 Å². The Hall–Kier alpha value is -3.34. The largest absolute Gasteiger partial charge is 0.497 e. The number of anilines is 2. The highest BCUT2D eigenvalue weighted by molar-refractivity contribution is 5.75. The predicted octanol–water partition coefficient (Wildman–Crippen LogP) is 4.74. The number of methoxy groups -OCH3 is 1. The van der Waals surface area contributed by atoms with Gasteiger partial charge in [0.15, 0.2) is 0 Å². The molecule has 1 heterocycles. The zero-order valence-corrected chi connectivity index (χ0v) is 14.8. The highest BCUT2D eigenvalue weighted by Crippen LogP contribution is 2.21. The fraction of sp³-hybridized carbons (Fsp3) is 0.143. The molecule has 5 nitrogen and oxygen atoms in total. The number of hydrogen-bond acceptors (Lipinski definition) is 4. The monoisotopic (exact) mass is 344 g/mol. The molecule has 4 rings (SSSR count). The van der Waals surface area contributed by atoms with Crippen molar-refractivity contribution in [3.05, 3.63) is 72.3 Å². The summed E-state index contributed by atoms with van der Waals surface area (Å²) in [4.78, 5) is 1.64. The predicted molar refractivity (Wildman–Crippen MR) is 105 cm³/mol. The quantitative estimate of drug-likeness (QED) is 0.568. The third-order valence-electron chi connectivity index (χ3n) is 4.34. The molecule has 0 bridgehead atoms. The molecule has 1 aromatic heterocycles. The molecule has 0 aliphatic heterocycles. The molecule has 4 aromatic rings. The van der Waals surface area contributed by atoms with Crippen molar-refractivity contribution in [3.63, 3.8) is 0 Å². The van der Waals surface area contributed by atoms with Gasteiger partial charge in [0, 0.05) is 17.4 Å². The number of hydrogen-bond donors (Lipinski definition) is 1. The minimum absolute atomic E-state index is 0.776. The van der Waals surface area contributed by atoms with Crippen molar-refractivity contribution in [2.24, 2.45) is 0 Å². The van der Waals surface area contributed by atoms with Crippen LogP contribution in [0.2, 0.25) is 0 Å². The highest BCUT2D eigenvalue weighted by atomic mass is 16.5. The fourth-order valence-electron chi connectivity index (χ4n) is 2.81. The van der Waals surface area contributed by atoms with Gasteiger partial charge in [0.1, 0.15) is 16.8 Å². The van der Waals surface area contributed by atoms with Crippen LogP contribution in [0, 0.1) is 0 Å². The lowest BCUT2D eigenvalue weighted by atomic mass is 10.1. The summed E-state index contributed by atoms with van der Waals surface area (Å²) < 4.78 is 5.24. The van der Waals surface area contributed by atoms with Crippen molar-refractivity contribution in [1.82, 2.24) is 15.0 Å². The van der Waals surface area contributed by atoms with Crippen LogP contribution in [0.25, 0.3) is 16.7 Å². The van der Waals surface area contributed by atoms with E-state index in [4.69, 9.17) is 4.74 Å². The number of fused-ring (bicyclic) bond motifs is 1. The molecule has 0 atom stereocenters. The number of aromatic nitrogens is 3. The molecule has 0 fully saturated rings. The van der Waals surface area contributed by atoms with Crippen LogP contribution < -0.4 is 10.1 Å². The molecule has 3 aromatic carbocycles. The molecular formula is C21H20N4O. The molecule has 0 spiro atoms. The normalized spacial score (nSPS) is 10.8. The maximum atomic E-state index is 5.24. The number of ether oxygens (including phenoxy) is 1. The lowest BCUT2D eigenvalue weighted by Crippen LogP contribution is -1.98. The summed E-state index contributed by atoms with van der Waals surface area (Å²) in [6, 6.07) is 22.2. The summed E-state index contributed by atoms with van der Waals surface area (Å²) >= 11 is 0. The van der Waals surface area contributed by atoms with E-state index < -0.39 is 0 Å². The van der Waals surface area contributed by atoms with Crippen LogP contribution in [0.1, 0.15) is 12.5 Å². The van der Waals surface area contributed by atoms with Crippen LogP contribution in [0.15, 0.2) is 66.7 Å². The lowest BCUT2D eigenvalue weighted by molar-refractivity contribution is 0.415. The molecule has 0 aliphatic carbocycles. The summed E-state index contributed by atoms with van der Waals surface area (Å²) in [5.74, 6) is 0.776. The van der Waals surface area contributed by atoms with Crippen LogP contribution in [-0.2, 0) is 6.42 Å². The fourth-order valence-corrected chi connectivity index (χ4v) is 2.81. The van der Waals surface area contributed by atoms with Gasteiger partial charge in [-0.1, -0.05) is 19.1 Å². The Morgan fingerprint density at radius 2 is 1.50 bits per heavy atom. The number of nitrogens with zero attached hydrogens (tertiary/aromatic N) is 3. The van der Waals surface area contributed by atoms with Gasteiger partial charge < -0.3 is 10.1 Å². The molecule has 0 amide bonds. The van der Waals surface area contributed by atoms with Crippen molar-refractivity contribution in [1.29, 1.82) is 0 Å². The Kier molecular flexibility index (Phi) is 4.27. The summed E-state index contributed by atoms with van der Waals surface area (Å²) in [6.07, 6.45) is 1.05. The second-order valence-electron chi connectivity index (χ2n) is 6.07. The maximum absolute atomic E-state index is 5.24. The zero-order valence-electron chi connectivity index (χ0n) is 14.8. The Bertz CT molecular complexity index is 1020. The molecule has 130 valence electrons. The number of nitrogens with one attached hydrogen (secondary N) is 1. The van der Waals surface area contributed by atoms with Crippen molar-refractivity contribution in [3.8, 4) is 11.4 Å². The minimum atomic E-state index is 0.776. The second kappa shape index (κ2) is 6.88. The molecule has 0 aliphatic rings. The molecule has 5 heteroatoms. The van der Waals surface area contributed by atoms with Gasteiger partial charge in [0.25, 0.3) is 0 Å². The summed E-state index contributed by atoms with van der Waals surface area (Å²) in [5.41, 5.74) is 5.99. The van der Waals surface area contributed by atoms with Crippen LogP contribution in [0.5, 0.6) is 5.75 Å². The maximum Gasteiger partial charge on any atom is 0.121 e. The van der Waals surface area contributed by atoms with Crippen molar-refractivity contribution in [2.45, 2.75) is 13.3 Å². The first-order valence-corrected chi connectivity index (χ1v) is 8.62. The van der Waals surface area contributed by atoms with Crippen LogP contribution in [0.4, 0.5) is 11.4 Å². The standard InChI is InChI=1S/C21H20N4O/c1-3-15-4-6-16(7-5-15)22-17-8-10-18(11-9-17)25-23-20-13-12-19(26-2)14-21(20)24-25/h4-14,22H,3H2,1-2H3. The zero-order chi connectivity index (χ0) is 17.9. The number of benzene rings is 3. The topological polar surface area (TPSA) is 52.0 Å². The molecule has 0 unspecified atom stereocenters. The molecule has 0 radical (unpaired) electrons. The molecular weight excluding hydrogens is 324 g/mol. The van der Waals surface area contributed by atoms with Crippen LogP contribution >= 0.6 is 0 Å². The Labute approximate surface area is 152 Å². The van der Waals surface area contributed by atoms with Gasteiger partial charge >= 0.3 is 0 Å². The van der Waals surface area contributed by atoms with Gasteiger partial charge in [0.05, 0.1) is 12.8 Å². The molecule has 1 N–H and O–H groups in total. The average Bonchev–Trinajstić information content (AvgIpc) is 3.12. The summed E-state index contributed by atoms with van der Waals surface area (Å²) in [6.45, 7) is 2.16. The van der Waals surface area contributed by atoms with E-state index in [1.165, 1.54) is 5.56 Å². The lowest BCUT2D eigenvalue weighted by Gasteiger charge is -2.08. The SMILES string of the molecule is CCc1ccc(Nc2ccc(-n3nc4ccc(OC)cc4n3)cc2)cc1. The van der Waals surface area contributed by atoms with Crippen molar-refractivity contribution in [2.75, 3.05) is 12.4 Å². The minimum Gasteiger partial charge on any atom is -0.497 e. The molecule has 0 saturated carbocycles. The first-order chi connectivity index (χ1) is 12.7. The Balaban J connectivity index is 1.55. The van der Waals surface area contributed by atoms with E-state index >= 15 is 0 Å². The van der Waals surface area contributed by atoms with Crippen LogP contribution in [0.3, 0.4) is 0 Å². The smallest absolute Gasteiger partial charge is 0.121 e. The Morgan fingerprint density at radius 1 is 0.846 bits per heavy atom. The van der Waals surface area contributed by atoms with Crippen molar-refractivity contribution >= 4 is 22.4 Å². The van der Waals surface area contributed by atoms with E-state index in [1.807, 2.05) is 42.5 Å². The first-order valence-electron chi connectivity index (χ1n) is 8.62. The van der Waals surface area contributed by atoms with Gasteiger partial charge in [0.2, 0.25) is 0 Å².